The third-order valence-electron chi connectivity index (χ3n) is 6.09. The molecule has 3 heteroatoms. The van der Waals surface area contributed by atoms with Gasteiger partial charge >= 0.3 is 0 Å². The summed E-state index contributed by atoms with van der Waals surface area (Å²) < 4.78 is 0. The number of nitrogens with zero attached hydrogens (tertiary/aromatic N) is 3. The highest BCUT2D eigenvalue weighted by molar-refractivity contribution is 5.69. The van der Waals surface area contributed by atoms with Crippen LogP contribution in [0.15, 0.2) is 85.3 Å². The Morgan fingerprint density at radius 1 is 0.719 bits per heavy atom. The highest BCUT2D eigenvalue weighted by atomic mass is 15.1. The van der Waals surface area contributed by atoms with Gasteiger partial charge in [0.2, 0.25) is 0 Å². The third kappa shape index (κ3) is 4.47. The maximum atomic E-state index is 4.31. The van der Waals surface area contributed by atoms with Crippen molar-refractivity contribution >= 4 is 6.08 Å². The molecule has 1 aliphatic heterocycles. The number of aromatic nitrogens is 2. The number of fused-ring (bicyclic) bond motifs is 1. The Balaban J connectivity index is 1.23. The number of rotatable bonds is 5. The summed E-state index contributed by atoms with van der Waals surface area (Å²) in [7, 11) is 0. The van der Waals surface area contributed by atoms with E-state index in [2.05, 4.69) is 93.9 Å². The van der Waals surface area contributed by atoms with E-state index in [0.717, 1.165) is 30.9 Å². The highest BCUT2D eigenvalue weighted by Crippen LogP contribution is 2.27. The first-order valence-electron chi connectivity index (χ1n) is 11.1. The molecule has 5 rings (SSSR count). The van der Waals surface area contributed by atoms with E-state index in [9.17, 15) is 0 Å². The quantitative estimate of drug-likeness (QED) is 0.373. The molecule has 0 radical (unpaired) electrons. The summed E-state index contributed by atoms with van der Waals surface area (Å²) in [6, 6.07) is 24.1. The Morgan fingerprint density at radius 2 is 1.34 bits per heavy atom. The lowest BCUT2D eigenvalue weighted by molar-refractivity contribution is 0.371. The molecule has 2 aromatic carbocycles. The lowest BCUT2D eigenvalue weighted by Gasteiger charge is -2.26. The van der Waals surface area contributed by atoms with Crippen molar-refractivity contribution in [3.05, 3.63) is 113 Å². The minimum absolute atomic E-state index is 0.954. The van der Waals surface area contributed by atoms with E-state index >= 15 is 0 Å². The average Bonchev–Trinajstić information content (AvgIpc) is 2.82. The van der Waals surface area contributed by atoms with Gasteiger partial charge in [-0.3, -0.25) is 9.97 Å². The molecular formula is C29H27N3. The molecule has 0 atom stereocenters. The summed E-state index contributed by atoms with van der Waals surface area (Å²) in [5.74, 6) is 0. The highest BCUT2D eigenvalue weighted by Gasteiger charge is 2.12. The SMILES string of the molecule is Cc1cc(-c2ccc(CCN3C=Cc4cc(-c5ccnc(C)c5)ccc4C3)cc2)ccn1. The van der Waals surface area contributed by atoms with E-state index in [4.69, 9.17) is 0 Å². The second-order valence-electron chi connectivity index (χ2n) is 8.52. The predicted molar refractivity (Wildman–Crippen MR) is 132 cm³/mol. The van der Waals surface area contributed by atoms with Crippen molar-refractivity contribution < 1.29 is 0 Å². The van der Waals surface area contributed by atoms with Gasteiger partial charge in [-0.15, -0.1) is 0 Å². The number of benzene rings is 2. The summed E-state index contributed by atoms with van der Waals surface area (Å²) in [5, 5.41) is 0. The minimum atomic E-state index is 0.954. The molecule has 0 unspecified atom stereocenters. The number of hydrogen-bond donors (Lipinski definition) is 0. The maximum absolute atomic E-state index is 4.31. The molecular weight excluding hydrogens is 390 g/mol. The molecule has 3 nitrogen and oxygen atoms in total. The van der Waals surface area contributed by atoms with E-state index in [-0.39, 0.29) is 0 Å². The summed E-state index contributed by atoms with van der Waals surface area (Å²) in [6.07, 6.45) is 9.26. The van der Waals surface area contributed by atoms with Crippen molar-refractivity contribution in [2.45, 2.75) is 26.8 Å². The van der Waals surface area contributed by atoms with Crippen LogP contribution in [0.2, 0.25) is 0 Å². The van der Waals surface area contributed by atoms with E-state index in [1.54, 1.807) is 0 Å². The van der Waals surface area contributed by atoms with E-state index < -0.39 is 0 Å². The Hall–Kier alpha value is -3.72. The molecule has 4 aromatic rings. The van der Waals surface area contributed by atoms with E-state index in [1.165, 1.54) is 38.9 Å². The van der Waals surface area contributed by atoms with Crippen LogP contribution in [0.3, 0.4) is 0 Å². The van der Waals surface area contributed by atoms with Crippen LogP contribution in [0, 0.1) is 13.8 Å². The molecule has 0 fully saturated rings. The van der Waals surface area contributed by atoms with Gasteiger partial charge in [0.05, 0.1) is 0 Å². The molecule has 0 saturated carbocycles. The third-order valence-corrected chi connectivity index (χ3v) is 6.09. The summed E-state index contributed by atoms with van der Waals surface area (Å²) in [6.45, 7) is 6.03. The fraction of sp³-hybridized carbons (Fsp3) is 0.172. The second-order valence-corrected chi connectivity index (χ2v) is 8.52. The Kier molecular flexibility index (Phi) is 5.55. The average molecular weight is 418 g/mol. The monoisotopic (exact) mass is 417 g/mol. The van der Waals surface area contributed by atoms with Crippen molar-refractivity contribution in [3.8, 4) is 22.3 Å². The zero-order valence-corrected chi connectivity index (χ0v) is 18.6. The second kappa shape index (κ2) is 8.80. The smallest absolute Gasteiger partial charge is 0.0430 e. The Labute approximate surface area is 190 Å². The largest absolute Gasteiger partial charge is 0.373 e. The number of pyridine rings is 2. The van der Waals surface area contributed by atoms with Crippen LogP contribution < -0.4 is 0 Å². The molecule has 158 valence electrons. The summed E-state index contributed by atoms with van der Waals surface area (Å²) >= 11 is 0. The van der Waals surface area contributed by atoms with Crippen molar-refractivity contribution in [1.82, 2.24) is 14.9 Å². The van der Waals surface area contributed by atoms with Crippen LogP contribution in [0.1, 0.15) is 28.1 Å². The van der Waals surface area contributed by atoms with Crippen molar-refractivity contribution in [1.29, 1.82) is 0 Å². The minimum Gasteiger partial charge on any atom is -0.373 e. The first-order valence-corrected chi connectivity index (χ1v) is 11.1. The lowest BCUT2D eigenvalue weighted by Crippen LogP contribution is -2.22. The van der Waals surface area contributed by atoms with E-state index in [1.807, 2.05) is 26.2 Å². The Morgan fingerprint density at radius 3 is 2.03 bits per heavy atom. The molecule has 0 N–H and O–H groups in total. The first-order chi connectivity index (χ1) is 15.6. The van der Waals surface area contributed by atoms with Crippen molar-refractivity contribution in [2.75, 3.05) is 6.54 Å². The zero-order valence-electron chi connectivity index (χ0n) is 18.6. The predicted octanol–water partition coefficient (Wildman–Crippen LogP) is 6.46. The first kappa shape index (κ1) is 20.2. The van der Waals surface area contributed by atoms with Crippen LogP contribution >= 0.6 is 0 Å². The molecule has 32 heavy (non-hydrogen) atoms. The summed E-state index contributed by atoms with van der Waals surface area (Å²) in [4.78, 5) is 11.0. The van der Waals surface area contributed by atoms with Gasteiger partial charge in [0.25, 0.3) is 0 Å². The van der Waals surface area contributed by atoms with Crippen molar-refractivity contribution in [3.63, 3.8) is 0 Å². The molecule has 0 saturated heterocycles. The zero-order chi connectivity index (χ0) is 21.9. The molecule has 2 aromatic heterocycles. The molecule has 0 bridgehead atoms. The van der Waals surface area contributed by atoms with Gasteiger partial charge in [-0.25, -0.2) is 0 Å². The van der Waals surface area contributed by atoms with E-state index in [0.29, 0.717) is 0 Å². The van der Waals surface area contributed by atoms with Crippen LogP contribution in [-0.2, 0) is 13.0 Å². The van der Waals surface area contributed by atoms with Gasteiger partial charge in [-0.05, 0) is 102 Å². The van der Waals surface area contributed by atoms with Crippen LogP contribution in [-0.4, -0.2) is 21.4 Å². The number of hydrogen-bond acceptors (Lipinski definition) is 3. The number of aryl methyl sites for hydroxylation is 2. The van der Waals surface area contributed by atoms with Gasteiger partial charge in [-0.1, -0.05) is 36.4 Å². The molecule has 1 aliphatic rings. The van der Waals surface area contributed by atoms with Crippen LogP contribution in [0.5, 0.6) is 0 Å². The van der Waals surface area contributed by atoms with Gasteiger partial charge < -0.3 is 4.90 Å². The summed E-state index contributed by atoms with van der Waals surface area (Å²) in [5.41, 5.74) is 11.1. The normalized spacial score (nSPS) is 12.6. The molecule has 0 amide bonds. The van der Waals surface area contributed by atoms with Gasteiger partial charge in [0.1, 0.15) is 0 Å². The maximum Gasteiger partial charge on any atom is 0.0430 e. The van der Waals surface area contributed by atoms with Crippen LogP contribution in [0.4, 0.5) is 0 Å². The standard InChI is InChI=1S/C29H27N3/c1-21-17-26(9-13-30-21)24-5-3-23(4-6-24)11-15-32-16-12-28-19-25(7-8-29(28)20-32)27-10-14-31-22(2)18-27/h3-10,12-14,16-19H,11,15,20H2,1-2H3. The molecule has 0 spiro atoms. The molecule has 0 aliphatic carbocycles. The van der Waals surface area contributed by atoms with Gasteiger partial charge in [-0.2, -0.15) is 0 Å². The topological polar surface area (TPSA) is 29.0 Å². The lowest BCUT2D eigenvalue weighted by atomic mass is 9.97. The molecule has 3 heterocycles. The van der Waals surface area contributed by atoms with Gasteiger partial charge in [0, 0.05) is 36.9 Å². The fourth-order valence-electron chi connectivity index (χ4n) is 4.27. The fourth-order valence-corrected chi connectivity index (χ4v) is 4.27. The van der Waals surface area contributed by atoms with Crippen LogP contribution in [0.25, 0.3) is 28.3 Å². The van der Waals surface area contributed by atoms with Gasteiger partial charge in [0.15, 0.2) is 0 Å². The Bertz CT molecular complexity index is 1270. The van der Waals surface area contributed by atoms with Crippen molar-refractivity contribution in [2.24, 2.45) is 0 Å².